The topological polar surface area (TPSA) is 70.5 Å². The Hall–Kier alpha value is -3.48. The summed E-state index contributed by atoms with van der Waals surface area (Å²) >= 11 is 1.10. The van der Waals surface area contributed by atoms with Crippen molar-refractivity contribution < 1.29 is 45.3 Å². The van der Waals surface area contributed by atoms with Gasteiger partial charge >= 0.3 is 18.3 Å². The number of esters is 1. The van der Waals surface area contributed by atoms with Crippen molar-refractivity contribution in [2.45, 2.75) is 68.7 Å². The van der Waals surface area contributed by atoms with E-state index in [4.69, 9.17) is 14.2 Å². The molecule has 0 radical (unpaired) electrons. The van der Waals surface area contributed by atoms with Gasteiger partial charge in [0.25, 0.3) is 0 Å². The van der Waals surface area contributed by atoms with Gasteiger partial charge in [-0.15, -0.1) is 0 Å². The smallest absolute Gasteiger partial charge is 0.416 e. The van der Waals surface area contributed by atoms with Crippen LogP contribution in [0.25, 0.3) is 0 Å². The summed E-state index contributed by atoms with van der Waals surface area (Å²) in [6, 6.07) is 11.0. The average Bonchev–Trinajstić information content (AvgIpc) is 2.95. The van der Waals surface area contributed by atoms with Gasteiger partial charge in [0.15, 0.2) is 5.16 Å². The minimum absolute atomic E-state index is 0.0919. The standard InChI is InChI=1S/C30H32F6N2O4S/c1-3-5-6-24(27(39)40-4-2)43-28-37-25(41-17-15-20-7-11-22(12-8-20)29(31,32)33)19-26(38-28)42-18-16-21-9-13-23(14-10-21)30(34,35)36/h7-14,19,24H,3-6,15-18H2,1-2H3. The summed E-state index contributed by atoms with van der Waals surface area (Å²) in [6.07, 6.45) is -6.07. The van der Waals surface area contributed by atoms with Crippen LogP contribution in [-0.4, -0.2) is 41.0 Å². The van der Waals surface area contributed by atoms with Gasteiger partial charge in [-0.05, 0) is 48.7 Å². The van der Waals surface area contributed by atoms with Gasteiger partial charge in [0.2, 0.25) is 11.8 Å². The van der Waals surface area contributed by atoms with Crippen LogP contribution in [0, 0.1) is 0 Å². The zero-order chi connectivity index (χ0) is 31.5. The first kappa shape index (κ1) is 34.0. The second-order valence-electron chi connectivity index (χ2n) is 9.41. The second kappa shape index (κ2) is 15.8. The molecule has 0 amide bonds. The third-order valence-corrected chi connectivity index (χ3v) is 7.23. The van der Waals surface area contributed by atoms with Gasteiger partial charge in [0.1, 0.15) is 5.25 Å². The first-order chi connectivity index (χ1) is 20.4. The number of carbonyl (C=O) groups is 1. The number of carbonyl (C=O) groups excluding carboxylic acids is 1. The van der Waals surface area contributed by atoms with Crippen molar-refractivity contribution in [3.63, 3.8) is 0 Å². The quantitative estimate of drug-likeness (QED) is 0.0730. The molecule has 0 N–H and O–H groups in total. The van der Waals surface area contributed by atoms with E-state index in [1.54, 1.807) is 6.92 Å². The van der Waals surface area contributed by atoms with Gasteiger partial charge in [0, 0.05) is 12.8 Å². The lowest BCUT2D eigenvalue weighted by atomic mass is 10.1. The van der Waals surface area contributed by atoms with Crippen LogP contribution in [0.5, 0.6) is 11.8 Å². The SMILES string of the molecule is CCCCC(Sc1nc(OCCc2ccc(C(F)(F)F)cc2)cc(OCCc2ccc(C(F)(F)F)cc2)n1)C(=O)OCC. The Morgan fingerprint density at radius 3 is 1.65 bits per heavy atom. The van der Waals surface area contributed by atoms with Crippen LogP contribution in [0.3, 0.4) is 0 Å². The van der Waals surface area contributed by atoms with E-state index in [0.29, 0.717) is 30.4 Å². The molecular formula is C30H32F6N2O4S. The van der Waals surface area contributed by atoms with Crippen molar-refractivity contribution in [3.8, 4) is 11.8 Å². The van der Waals surface area contributed by atoms with E-state index in [1.807, 2.05) is 6.92 Å². The van der Waals surface area contributed by atoms with Crippen LogP contribution in [0.4, 0.5) is 26.3 Å². The lowest BCUT2D eigenvalue weighted by Gasteiger charge is -2.15. The summed E-state index contributed by atoms with van der Waals surface area (Å²) in [6.45, 7) is 4.11. The molecule has 6 nitrogen and oxygen atoms in total. The molecule has 0 fully saturated rings. The predicted molar refractivity (Wildman–Crippen MR) is 149 cm³/mol. The molecule has 43 heavy (non-hydrogen) atoms. The van der Waals surface area contributed by atoms with Gasteiger partial charge in [0.05, 0.1) is 37.0 Å². The first-order valence-corrected chi connectivity index (χ1v) is 14.6. The van der Waals surface area contributed by atoms with Gasteiger partial charge in [-0.25, -0.2) is 0 Å². The Balaban J connectivity index is 1.72. The largest absolute Gasteiger partial charge is 0.477 e. The van der Waals surface area contributed by atoms with Gasteiger partial charge in [-0.3, -0.25) is 4.79 Å². The Labute approximate surface area is 250 Å². The molecule has 0 saturated carbocycles. The zero-order valence-electron chi connectivity index (χ0n) is 23.6. The third kappa shape index (κ3) is 11.3. The minimum Gasteiger partial charge on any atom is -0.477 e. The Bertz CT molecular complexity index is 1220. The maximum Gasteiger partial charge on any atom is 0.416 e. The van der Waals surface area contributed by atoms with E-state index >= 15 is 0 Å². The number of thioether (sulfide) groups is 1. The average molecular weight is 631 g/mol. The fourth-order valence-corrected chi connectivity index (χ4v) is 4.82. The number of ether oxygens (including phenoxy) is 3. The molecule has 0 saturated heterocycles. The molecule has 0 aliphatic carbocycles. The maximum absolute atomic E-state index is 12.8. The molecule has 0 aliphatic rings. The molecule has 2 aromatic carbocycles. The van der Waals surface area contributed by atoms with Crippen molar-refractivity contribution >= 4 is 17.7 Å². The molecule has 0 aliphatic heterocycles. The maximum atomic E-state index is 12.8. The van der Waals surface area contributed by atoms with E-state index in [1.165, 1.54) is 30.3 Å². The number of unbranched alkanes of at least 4 members (excludes halogenated alkanes) is 1. The number of hydrogen-bond acceptors (Lipinski definition) is 7. The monoisotopic (exact) mass is 630 g/mol. The summed E-state index contributed by atoms with van der Waals surface area (Å²) in [5.41, 5.74) is -0.225. The fourth-order valence-electron chi connectivity index (χ4n) is 3.83. The van der Waals surface area contributed by atoms with Crippen molar-refractivity contribution in [3.05, 3.63) is 76.9 Å². The normalized spacial score (nSPS) is 12.6. The highest BCUT2D eigenvalue weighted by Gasteiger charge is 2.30. The van der Waals surface area contributed by atoms with E-state index in [9.17, 15) is 31.1 Å². The third-order valence-electron chi connectivity index (χ3n) is 6.12. The van der Waals surface area contributed by atoms with Crippen molar-refractivity contribution in [1.82, 2.24) is 9.97 Å². The highest BCUT2D eigenvalue weighted by molar-refractivity contribution is 8.00. The van der Waals surface area contributed by atoms with Crippen LogP contribution >= 0.6 is 11.8 Å². The summed E-state index contributed by atoms with van der Waals surface area (Å²) in [5.74, 6) is -0.137. The Morgan fingerprint density at radius 2 is 1.26 bits per heavy atom. The van der Waals surface area contributed by atoms with Crippen LogP contribution in [0.1, 0.15) is 55.4 Å². The van der Waals surface area contributed by atoms with E-state index < -0.39 is 34.7 Å². The zero-order valence-corrected chi connectivity index (χ0v) is 24.5. The van der Waals surface area contributed by atoms with Crippen molar-refractivity contribution in [2.24, 2.45) is 0 Å². The number of rotatable bonds is 15. The molecule has 13 heteroatoms. The van der Waals surface area contributed by atoms with Gasteiger partial charge in [-0.2, -0.15) is 36.3 Å². The minimum atomic E-state index is -4.43. The summed E-state index contributed by atoms with van der Waals surface area (Å²) in [4.78, 5) is 21.3. The van der Waals surface area contributed by atoms with E-state index in [2.05, 4.69) is 9.97 Å². The number of alkyl halides is 6. The van der Waals surface area contributed by atoms with Gasteiger partial charge < -0.3 is 14.2 Å². The Kier molecular flexibility index (Phi) is 12.5. The van der Waals surface area contributed by atoms with E-state index in [0.717, 1.165) is 48.9 Å². The number of benzene rings is 2. The van der Waals surface area contributed by atoms with E-state index in [-0.39, 0.29) is 36.7 Å². The lowest BCUT2D eigenvalue weighted by Crippen LogP contribution is -2.21. The molecule has 1 heterocycles. The molecular weight excluding hydrogens is 598 g/mol. The molecule has 1 aromatic heterocycles. The fraction of sp³-hybridized carbons (Fsp3) is 0.433. The van der Waals surface area contributed by atoms with Crippen LogP contribution < -0.4 is 9.47 Å². The highest BCUT2D eigenvalue weighted by atomic mass is 32.2. The molecule has 3 rings (SSSR count). The first-order valence-electron chi connectivity index (χ1n) is 13.7. The Morgan fingerprint density at radius 1 is 0.791 bits per heavy atom. The molecule has 1 atom stereocenters. The molecule has 0 bridgehead atoms. The van der Waals surface area contributed by atoms with Crippen LogP contribution in [0.2, 0.25) is 0 Å². The summed E-state index contributed by atoms with van der Waals surface area (Å²) in [7, 11) is 0. The second-order valence-corrected chi connectivity index (χ2v) is 10.6. The number of hydrogen-bond donors (Lipinski definition) is 0. The van der Waals surface area contributed by atoms with Crippen molar-refractivity contribution in [2.75, 3.05) is 19.8 Å². The molecule has 3 aromatic rings. The van der Waals surface area contributed by atoms with Crippen molar-refractivity contribution in [1.29, 1.82) is 0 Å². The predicted octanol–water partition coefficient (Wildman–Crippen LogP) is 7.97. The molecule has 1 unspecified atom stereocenters. The number of nitrogens with zero attached hydrogens (tertiary/aromatic N) is 2. The van der Waals surface area contributed by atoms with Gasteiger partial charge in [-0.1, -0.05) is 55.8 Å². The van der Waals surface area contributed by atoms with Crippen LogP contribution in [0.15, 0.2) is 59.8 Å². The number of aromatic nitrogens is 2. The molecule has 234 valence electrons. The molecule has 0 spiro atoms. The summed E-state index contributed by atoms with van der Waals surface area (Å²) < 4.78 is 93.8. The number of halogens is 6. The summed E-state index contributed by atoms with van der Waals surface area (Å²) in [5, 5.41) is -0.368. The highest BCUT2D eigenvalue weighted by Crippen LogP contribution is 2.31. The van der Waals surface area contributed by atoms with Crippen LogP contribution in [-0.2, 0) is 34.7 Å². The lowest BCUT2D eigenvalue weighted by molar-refractivity contribution is -0.142.